The summed E-state index contributed by atoms with van der Waals surface area (Å²) in [6, 6.07) is 0. The Morgan fingerprint density at radius 3 is 2.38 bits per heavy atom. The molecule has 0 aromatic rings. The largest absolute Gasteiger partial charge is 0.324 e. The Labute approximate surface area is 99.1 Å². The maximum absolute atomic E-state index is 11.5. The van der Waals surface area contributed by atoms with Gasteiger partial charge >= 0.3 is 0 Å². The minimum Gasteiger partial charge on any atom is -0.324 e. The van der Waals surface area contributed by atoms with Gasteiger partial charge in [0.1, 0.15) is 0 Å². The Morgan fingerprint density at radius 2 is 1.81 bits per heavy atom. The van der Waals surface area contributed by atoms with Crippen LogP contribution in [0, 0.1) is 0 Å². The van der Waals surface area contributed by atoms with Gasteiger partial charge in [0.25, 0.3) is 0 Å². The Balaban J connectivity index is 2.56. The van der Waals surface area contributed by atoms with Crippen LogP contribution in [-0.4, -0.2) is 50.0 Å². The maximum Gasteiger partial charge on any atom is 0.151 e. The van der Waals surface area contributed by atoms with Crippen LogP contribution in [0.3, 0.4) is 0 Å². The Hall–Kier alpha value is -0.130. The van der Waals surface area contributed by atoms with E-state index in [0.29, 0.717) is 12.3 Å². The van der Waals surface area contributed by atoms with E-state index in [1.807, 2.05) is 0 Å². The molecule has 1 saturated heterocycles. The van der Waals surface area contributed by atoms with Crippen LogP contribution in [-0.2, 0) is 9.84 Å². The van der Waals surface area contributed by atoms with Crippen LogP contribution in [0.5, 0.6) is 0 Å². The molecule has 0 bridgehead atoms. The molecule has 0 radical (unpaired) electrons. The Kier molecular flexibility index (Phi) is 4.76. The first-order valence-corrected chi connectivity index (χ1v) is 7.94. The standard InChI is InChI=1S/C11H24N2O2S/c1-3-11(12,4-2)10-13-6-5-8-16(14,15)9-7-13/h3-10,12H2,1-2H3. The lowest BCUT2D eigenvalue weighted by atomic mass is 9.93. The predicted molar refractivity (Wildman–Crippen MR) is 67.2 cm³/mol. The normalized spacial score (nSPS) is 22.9. The van der Waals surface area contributed by atoms with Gasteiger partial charge in [0.05, 0.1) is 11.5 Å². The van der Waals surface area contributed by atoms with Crippen molar-refractivity contribution in [2.75, 3.05) is 31.1 Å². The first-order valence-electron chi connectivity index (χ1n) is 6.12. The molecule has 0 atom stereocenters. The summed E-state index contributed by atoms with van der Waals surface area (Å²) in [7, 11) is -2.80. The van der Waals surface area contributed by atoms with Crippen LogP contribution >= 0.6 is 0 Å². The third-order valence-corrected chi connectivity index (χ3v) is 5.31. The van der Waals surface area contributed by atoms with Crippen LogP contribution in [0.1, 0.15) is 33.1 Å². The fraction of sp³-hybridized carbons (Fsp3) is 1.00. The molecule has 16 heavy (non-hydrogen) atoms. The van der Waals surface area contributed by atoms with E-state index in [4.69, 9.17) is 5.73 Å². The van der Waals surface area contributed by atoms with Crippen molar-refractivity contribution in [3.63, 3.8) is 0 Å². The van der Waals surface area contributed by atoms with Crippen molar-refractivity contribution in [3.05, 3.63) is 0 Å². The van der Waals surface area contributed by atoms with Crippen molar-refractivity contribution in [1.29, 1.82) is 0 Å². The van der Waals surface area contributed by atoms with Crippen molar-refractivity contribution in [3.8, 4) is 0 Å². The highest BCUT2D eigenvalue weighted by atomic mass is 32.2. The van der Waals surface area contributed by atoms with Crippen molar-refractivity contribution in [1.82, 2.24) is 4.90 Å². The molecule has 5 heteroatoms. The minimum atomic E-state index is -2.80. The summed E-state index contributed by atoms with van der Waals surface area (Å²) < 4.78 is 22.9. The van der Waals surface area contributed by atoms with Crippen LogP contribution in [0.15, 0.2) is 0 Å². The molecule has 0 aliphatic carbocycles. The predicted octanol–water partition coefficient (Wildman–Crippen LogP) is 0.624. The Morgan fingerprint density at radius 1 is 1.19 bits per heavy atom. The lowest BCUT2D eigenvalue weighted by Gasteiger charge is -2.33. The van der Waals surface area contributed by atoms with Crippen LogP contribution in [0.4, 0.5) is 0 Å². The van der Waals surface area contributed by atoms with E-state index in [-0.39, 0.29) is 11.3 Å². The summed E-state index contributed by atoms with van der Waals surface area (Å²) in [4.78, 5) is 2.21. The number of hydrogen-bond donors (Lipinski definition) is 1. The van der Waals surface area contributed by atoms with Gasteiger partial charge in [-0.15, -0.1) is 0 Å². The van der Waals surface area contributed by atoms with E-state index in [0.717, 1.165) is 32.4 Å². The van der Waals surface area contributed by atoms with E-state index < -0.39 is 9.84 Å². The number of sulfone groups is 1. The van der Waals surface area contributed by atoms with Gasteiger partial charge in [0.2, 0.25) is 0 Å². The average molecular weight is 248 g/mol. The molecule has 0 spiro atoms. The smallest absolute Gasteiger partial charge is 0.151 e. The molecular weight excluding hydrogens is 224 g/mol. The number of nitrogens with two attached hydrogens (primary N) is 1. The van der Waals surface area contributed by atoms with Crippen LogP contribution in [0.2, 0.25) is 0 Å². The third-order valence-electron chi connectivity index (χ3n) is 3.59. The first-order chi connectivity index (χ1) is 7.41. The van der Waals surface area contributed by atoms with Gasteiger partial charge in [-0.05, 0) is 25.8 Å². The highest BCUT2D eigenvalue weighted by Crippen LogP contribution is 2.15. The molecule has 0 amide bonds. The lowest BCUT2D eigenvalue weighted by Crippen LogP contribution is -2.50. The molecule has 0 aromatic heterocycles. The van der Waals surface area contributed by atoms with Crippen molar-refractivity contribution in [2.45, 2.75) is 38.6 Å². The van der Waals surface area contributed by atoms with Gasteiger partial charge in [-0.3, -0.25) is 0 Å². The van der Waals surface area contributed by atoms with E-state index in [2.05, 4.69) is 18.7 Å². The number of hydrogen-bond acceptors (Lipinski definition) is 4. The summed E-state index contributed by atoms with van der Waals surface area (Å²) in [5.41, 5.74) is 6.10. The molecule has 0 aromatic carbocycles. The number of nitrogens with zero attached hydrogens (tertiary/aromatic N) is 1. The average Bonchev–Trinajstić information content (AvgIpc) is 2.40. The van der Waals surface area contributed by atoms with Crippen molar-refractivity contribution in [2.24, 2.45) is 5.73 Å². The van der Waals surface area contributed by atoms with Crippen LogP contribution in [0.25, 0.3) is 0 Å². The molecule has 1 fully saturated rings. The molecule has 0 unspecified atom stereocenters. The quantitative estimate of drug-likeness (QED) is 0.792. The zero-order valence-corrected chi connectivity index (χ0v) is 11.2. The first kappa shape index (κ1) is 13.9. The summed E-state index contributed by atoms with van der Waals surface area (Å²) in [6.07, 6.45) is 2.62. The van der Waals surface area contributed by atoms with Gasteiger partial charge in [0.15, 0.2) is 9.84 Å². The summed E-state index contributed by atoms with van der Waals surface area (Å²) in [6.45, 7) is 6.51. The lowest BCUT2D eigenvalue weighted by molar-refractivity contribution is 0.211. The zero-order chi connectivity index (χ0) is 12.2. The minimum absolute atomic E-state index is 0.159. The van der Waals surface area contributed by atoms with Crippen molar-refractivity contribution < 1.29 is 8.42 Å². The SMILES string of the molecule is CCC(N)(CC)CN1CCCS(=O)(=O)CC1. The van der Waals surface area contributed by atoms with Gasteiger partial charge in [-0.1, -0.05) is 13.8 Å². The second-order valence-corrected chi connectivity index (χ2v) is 7.15. The molecule has 1 heterocycles. The molecule has 1 aliphatic heterocycles. The summed E-state index contributed by atoms with van der Waals surface area (Å²) in [5, 5.41) is 0. The van der Waals surface area contributed by atoms with E-state index >= 15 is 0 Å². The van der Waals surface area contributed by atoms with Gasteiger partial charge < -0.3 is 10.6 Å². The van der Waals surface area contributed by atoms with Gasteiger partial charge in [-0.2, -0.15) is 0 Å². The third kappa shape index (κ3) is 4.03. The Bertz CT molecular complexity index is 310. The van der Waals surface area contributed by atoms with E-state index in [1.165, 1.54) is 0 Å². The van der Waals surface area contributed by atoms with Crippen LogP contribution < -0.4 is 5.73 Å². The van der Waals surface area contributed by atoms with E-state index in [9.17, 15) is 8.42 Å². The van der Waals surface area contributed by atoms with E-state index in [1.54, 1.807) is 0 Å². The second kappa shape index (κ2) is 5.47. The highest BCUT2D eigenvalue weighted by molar-refractivity contribution is 7.91. The topological polar surface area (TPSA) is 63.4 Å². The van der Waals surface area contributed by atoms with Gasteiger partial charge in [-0.25, -0.2) is 8.42 Å². The van der Waals surface area contributed by atoms with Gasteiger partial charge in [0, 0.05) is 18.6 Å². The summed E-state index contributed by atoms with van der Waals surface area (Å²) >= 11 is 0. The maximum atomic E-state index is 11.5. The van der Waals surface area contributed by atoms with Crippen molar-refractivity contribution >= 4 is 9.84 Å². The molecule has 96 valence electrons. The molecule has 1 rings (SSSR count). The molecule has 4 nitrogen and oxygen atoms in total. The highest BCUT2D eigenvalue weighted by Gasteiger charge is 2.26. The molecular formula is C11H24N2O2S. The molecule has 2 N–H and O–H groups in total. The fourth-order valence-corrected chi connectivity index (χ4v) is 3.38. The number of rotatable bonds is 4. The second-order valence-electron chi connectivity index (χ2n) is 4.85. The molecule has 0 saturated carbocycles. The fourth-order valence-electron chi connectivity index (χ4n) is 2.07. The monoisotopic (exact) mass is 248 g/mol. The molecule has 1 aliphatic rings. The zero-order valence-electron chi connectivity index (χ0n) is 10.4. The summed E-state index contributed by atoms with van der Waals surface area (Å²) in [5.74, 6) is 0.621.